The van der Waals surface area contributed by atoms with Crippen molar-refractivity contribution >= 4 is 11.9 Å². The predicted octanol–water partition coefficient (Wildman–Crippen LogP) is 3.47. The molecule has 0 amide bonds. The molecule has 0 fully saturated rings. The fourth-order valence-electron chi connectivity index (χ4n) is 4.61. The minimum absolute atomic E-state index is 0.0589. The van der Waals surface area contributed by atoms with Crippen LogP contribution < -0.4 is 0 Å². The van der Waals surface area contributed by atoms with Gasteiger partial charge in [0.15, 0.2) is 0 Å². The Bertz CT molecular complexity index is 623. The average molecular weight is 409 g/mol. The third-order valence-corrected chi connectivity index (χ3v) is 5.99. The van der Waals surface area contributed by atoms with E-state index in [2.05, 4.69) is 25.2 Å². The number of carboxylic acid groups (broad SMARTS) is 1. The summed E-state index contributed by atoms with van der Waals surface area (Å²) in [6, 6.07) is 0. The van der Waals surface area contributed by atoms with E-state index in [9.17, 15) is 19.8 Å². The number of esters is 1. The van der Waals surface area contributed by atoms with Crippen LogP contribution in [0.4, 0.5) is 0 Å². The first kappa shape index (κ1) is 23.6. The van der Waals surface area contributed by atoms with Crippen LogP contribution in [0.25, 0.3) is 0 Å². The fraction of sp³-hybridized carbons (Fsp3) is 0.739. The first-order chi connectivity index (χ1) is 13.7. The highest BCUT2D eigenvalue weighted by molar-refractivity contribution is 5.70. The Morgan fingerprint density at radius 1 is 1.21 bits per heavy atom. The number of carbonyl (C=O) groups excluding carboxylic acids is 1. The molecule has 6 unspecified atom stereocenters. The number of fused-ring (bicyclic) bond motifs is 1. The van der Waals surface area contributed by atoms with E-state index >= 15 is 0 Å². The summed E-state index contributed by atoms with van der Waals surface area (Å²) in [6.45, 7) is 6.15. The Morgan fingerprint density at radius 3 is 2.59 bits per heavy atom. The third-order valence-electron chi connectivity index (χ3n) is 5.99. The van der Waals surface area contributed by atoms with Gasteiger partial charge in [0.05, 0.1) is 18.6 Å². The van der Waals surface area contributed by atoms with Crippen LogP contribution in [0.1, 0.15) is 65.7 Å². The quantitative estimate of drug-likeness (QED) is 0.478. The number of aliphatic hydroxyl groups is 2. The van der Waals surface area contributed by atoms with Gasteiger partial charge in [0.25, 0.3) is 0 Å². The van der Waals surface area contributed by atoms with Crippen molar-refractivity contribution < 1.29 is 29.6 Å². The number of aliphatic carboxylic acids is 1. The number of allylic oxidation sites excluding steroid dienone is 3. The lowest BCUT2D eigenvalue weighted by Crippen LogP contribution is -2.39. The maximum atomic E-state index is 12.3. The molecule has 0 heterocycles. The summed E-state index contributed by atoms with van der Waals surface area (Å²) in [5.74, 6) is -0.319. The predicted molar refractivity (Wildman–Crippen MR) is 110 cm³/mol. The number of rotatable bonds is 10. The van der Waals surface area contributed by atoms with E-state index in [4.69, 9.17) is 9.84 Å². The van der Waals surface area contributed by atoms with Gasteiger partial charge in [-0.3, -0.25) is 9.59 Å². The summed E-state index contributed by atoms with van der Waals surface area (Å²) in [5.41, 5.74) is 1.21. The van der Waals surface area contributed by atoms with Crippen molar-refractivity contribution in [3.05, 3.63) is 23.8 Å². The number of aliphatic hydroxyl groups excluding tert-OH is 2. The summed E-state index contributed by atoms with van der Waals surface area (Å²) < 4.78 is 5.88. The van der Waals surface area contributed by atoms with Gasteiger partial charge in [-0.15, -0.1) is 0 Å². The lowest BCUT2D eigenvalue weighted by atomic mass is 9.66. The molecule has 2 rings (SSSR count). The van der Waals surface area contributed by atoms with Gasteiger partial charge in [-0.25, -0.2) is 0 Å². The average Bonchev–Trinajstić information content (AvgIpc) is 2.59. The van der Waals surface area contributed by atoms with E-state index in [1.165, 1.54) is 5.57 Å². The molecule has 6 heteroatoms. The van der Waals surface area contributed by atoms with Crippen molar-refractivity contribution in [1.29, 1.82) is 0 Å². The summed E-state index contributed by atoms with van der Waals surface area (Å²) in [7, 11) is 0. The lowest BCUT2D eigenvalue weighted by Gasteiger charge is -2.42. The number of hydrogen-bond acceptors (Lipinski definition) is 5. The summed E-state index contributed by atoms with van der Waals surface area (Å²) in [4.78, 5) is 23.0. The van der Waals surface area contributed by atoms with Gasteiger partial charge < -0.3 is 20.1 Å². The first-order valence-corrected chi connectivity index (χ1v) is 10.8. The van der Waals surface area contributed by atoms with Crippen LogP contribution in [-0.4, -0.2) is 45.6 Å². The Balaban J connectivity index is 2.01. The molecule has 0 aromatic carbocycles. The summed E-state index contributed by atoms with van der Waals surface area (Å²) in [6.07, 6.45) is 7.64. The number of hydrogen-bond donors (Lipinski definition) is 3. The maximum Gasteiger partial charge on any atom is 0.306 e. The minimum Gasteiger partial charge on any atom is -0.481 e. The Morgan fingerprint density at radius 2 is 1.93 bits per heavy atom. The van der Waals surface area contributed by atoms with Gasteiger partial charge in [0.2, 0.25) is 0 Å². The van der Waals surface area contributed by atoms with Gasteiger partial charge in [-0.1, -0.05) is 39.0 Å². The minimum atomic E-state index is -1.07. The van der Waals surface area contributed by atoms with E-state index in [0.717, 1.165) is 19.3 Å². The van der Waals surface area contributed by atoms with Crippen molar-refractivity contribution in [1.82, 2.24) is 0 Å². The Labute approximate surface area is 173 Å². The molecule has 6 atom stereocenters. The van der Waals surface area contributed by atoms with Crippen LogP contribution in [-0.2, 0) is 14.3 Å². The number of carbonyl (C=O) groups is 2. The molecular weight excluding hydrogens is 372 g/mol. The Kier molecular flexibility index (Phi) is 8.90. The Hall–Kier alpha value is -1.66. The van der Waals surface area contributed by atoms with E-state index in [0.29, 0.717) is 12.8 Å². The standard InChI is InChI=1S/C23H36O6/c1-14(2)11-22(28)29-20-6-4-5-16-8-7-15(3)19(23(16)20)10-9-17(24)12-18(25)13-21(26)27/h5,7-8,14-15,17-20,23-25H,4,6,9-13H2,1-3H3,(H,26,27). The van der Waals surface area contributed by atoms with Crippen molar-refractivity contribution in [3.8, 4) is 0 Å². The molecule has 0 saturated carbocycles. The van der Waals surface area contributed by atoms with Gasteiger partial charge in [0, 0.05) is 12.3 Å². The molecule has 2 aliphatic rings. The van der Waals surface area contributed by atoms with Crippen molar-refractivity contribution in [2.24, 2.45) is 23.7 Å². The molecule has 0 aromatic heterocycles. The maximum absolute atomic E-state index is 12.3. The molecule has 29 heavy (non-hydrogen) atoms. The van der Waals surface area contributed by atoms with E-state index in [1.807, 2.05) is 13.8 Å². The van der Waals surface area contributed by atoms with Crippen LogP contribution in [0.3, 0.4) is 0 Å². The molecule has 0 radical (unpaired) electrons. The molecule has 2 aliphatic carbocycles. The molecule has 0 aromatic rings. The van der Waals surface area contributed by atoms with Crippen molar-refractivity contribution in [3.63, 3.8) is 0 Å². The van der Waals surface area contributed by atoms with Crippen LogP contribution in [0.5, 0.6) is 0 Å². The summed E-state index contributed by atoms with van der Waals surface area (Å²) in [5, 5.41) is 28.8. The molecule has 0 aliphatic heterocycles. The zero-order valence-electron chi connectivity index (χ0n) is 17.8. The molecular formula is C23H36O6. The zero-order valence-corrected chi connectivity index (χ0v) is 17.8. The number of carboxylic acids is 1. The number of ether oxygens (including phenoxy) is 1. The second-order valence-electron chi connectivity index (χ2n) is 9.03. The molecule has 3 N–H and O–H groups in total. The van der Waals surface area contributed by atoms with E-state index in [1.54, 1.807) is 0 Å². The molecule has 6 nitrogen and oxygen atoms in total. The largest absolute Gasteiger partial charge is 0.481 e. The van der Waals surface area contributed by atoms with Gasteiger partial charge in [-0.2, -0.15) is 0 Å². The molecule has 164 valence electrons. The van der Waals surface area contributed by atoms with Crippen LogP contribution in [0.2, 0.25) is 0 Å². The van der Waals surface area contributed by atoms with Gasteiger partial charge in [0.1, 0.15) is 6.10 Å². The SMILES string of the molecule is CC(C)CC(=O)OC1CCC=C2C=CC(C)C(CCC(O)CC(O)CC(=O)O)C21. The summed E-state index contributed by atoms with van der Waals surface area (Å²) >= 11 is 0. The van der Waals surface area contributed by atoms with E-state index < -0.39 is 18.2 Å². The van der Waals surface area contributed by atoms with Crippen molar-refractivity contribution in [2.75, 3.05) is 0 Å². The zero-order chi connectivity index (χ0) is 21.6. The monoisotopic (exact) mass is 408 g/mol. The second-order valence-corrected chi connectivity index (χ2v) is 9.03. The van der Waals surface area contributed by atoms with E-state index in [-0.39, 0.29) is 48.6 Å². The highest BCUT2D eigenvalue weighted by Gasteiger charge is 2.40. The van der Waals surface area contributed by atoms with Crippen molar-refractivity contribution in [2.45, 2.75) is 84.0 Å². The van der Waals surface area contributed by atoms with Crippen LogP contribution >= 0.6 is 0 Å². The molecule has 0 bridgehead atoms. The third kappa shape index (κ3) is 7.27. The normalized spacial score (nSPS) is 28.4. The van der Waals surface area contributed by atoms with Crippen LogP contribution in [0.15, 0.2) is 23.8 Å². The second kappa shape index (κ2) is 10.9. The molecule has 0 saturated heterocycles. The lowest BCUT2D eigenvalue weighted by molar-refractivity contribution is -0.154. The van der Waals surface area contributed by atoms with Crippen LogP contribution in [0, 0.1) is 23.7 Å². The van der Waals surface area contributed by atoms with Gasteiger partial charge >= 0.3 is 11.9 Å². The highest BCUT2D eigenvalue weighted by Crippen LogP contribution is 2.43. The topological polar surface area (TPSA) is 104 Å². The highest BCUT2D eigenvalue weighted by atomic mass is 16.5. The van der Waals surface area contributed by atoms with Gasteiger partial charge in [-0.05, 0) is 55.4 Å². The smallest absolute Gasteiger partial charge is 0.306 e. The fourth-order valence-corrected chi connectivity index (χ4v) is 4.61. The first-order valence-electron chi connectivity index (χ1n) is 10.8. The molecule has 0 spiro atoms.